The molecule has 1 aromatic carbocycles. The van der Waals surface area contributed by atoms with Crippen LogP contribution >= 0.6 is 11.3 Å². The summed E-state index contributed by atoms with van der Waals surface area (Å²) >= 11 is 1.25. The minimum absolute atomic E-state index is 0.0486. The number of aromatic nitrogens is 2. The van der Waals surface area contributed by atoms with Crippen LogP contribution in [0.25, 0.3) is 0 Å². The van der Waals surface area contributed by atoms with E-state index < -0.39 is 11.8 Å². The molecule has 2 rings (SSSR count). The molecule has 2 N–H and O–H groups in total. The Kier molecular flexibility index (Phi) is 5.54. The van der Waals surface area contributed by atoms with Crippen molar-refractivity contribution in [2.24, 2.45) is 0 Å². The Morgan fingerprint density at radius 3 is 2.25 bits per heavy atom. The topological polar surface area (TPSA) is 101 Å². The SMILES string of the molecule is CC(=O)c1ccc(NC(=O)/C(C)=C\C(=O)Nc2nnc(C)s2)cc1. The van der Waals surface area contributed by atoms with Crippen LogP contribution in [0.3, 0.4) is 0 Å². The highest BCUT2D eigenvalue weighted by Crippen LogP contribution is 2.14. The average Bonchev–Trinajstić information content (AvgIpc) is 2.92. The molecule has 0 spiro atoms. The monoisotopic (exact) mass is 344 g/mol. The number of benzene rings is 1. The molecule has 0 aliphatic carbocycles. The van der Waals surface area contributed by atoms with Crippen LogP contribution in [0.1, 0.15) is 29.2 Å². The zero-order valence-electron chi connectivity index (χ0n) is 13.4. The maximum Gasteiger partial charge on any atom is 0.251 e. The Balaban J connectivity index is 1.97. The summed E-state index contributed by atoms with van der Waals surface area (Å²) < 4.78 is 0. The first kappa shape index (κ1) is 17.5. The molecular weight excluding hydrogens is 328 g/mol. The average molecular weight is 344 g/mol. The number of nitrogens with one attached hydrogen (secondary N) is 2. The van der Waals surface area contributed by atoms with Crippen molar-refractivity contribution in [3.8, 4) is 0 Å². The number of Topliss-reactive ketones (excluding diaryl/α,β-unsaturated/α-hetero) is 1. The van der Waals surface area contributed by atoms with Crippen LogP contribution in [0.15, 0.2) is 35.9 Å². The van der Waals surface area contributed by atoms with Gasteiger partial charge in [-0.15, -0.1) is 10.2 Å². The molecule has 0 aliphatic rings. The van der Waals surface area contributed by atoms with Crippen LogP contribution in [0.5, 0.6) is 0 Å². The Morgan fingerprint density at radius 1 is 1.04 bits per heavy atom. The second kappa shape index (κ2) is 7.60. The number of carbonyl (C=O) groups excluding carboxylic acids is 3. The molecule has 0 bridgehead atoms. The van der Waals surface area contributed by atoms with Crippen molar-refractivity contribution in [3.05, 3.63) is 46.5 Å². The summed E-state index contributed by atoms with van der Waals surface area (Å²) in [5.41, 5.74) is 1.34. The van der Waals surface area contributed by atoms with Crippen molar-refractivity contribution in [1.82, 2.24) is 10.2 Å². The Labute approximate surface area is 142 Å². The fourth-order valence-electron chi connectivity index (χ4n) is 1.77. The maximum absolute atomic E-state index is 12.1. The van der Waals surface area contributed by atoms with Crippen molar-refractivity contribution in [1.29, 1.82) is 0 Å². The van der Waals surface area contributed by atoms with E-state index in [9.17, 15) is 14.4 Å². The summed E-state index contributed by atoms with van der Waals surface area (Å²) in [6.45, 7) is 4.78. The second-order valence-electron chi connectivity index (χ2n) is 5.03. The highest BCUT2D eigenvalue weighted by molar-refractivity contribution is 7.15. The van der Waals surface area contributed by atoms with Crippen LogP contribution in [-0.4, -0.2) is 27.8 Å². The normalized spacial score (nSPS) is 11.0. The lowest BCUT2D eigenvalue weighted by Gasteiger charge is -2.06. The van der Waals surface area contributed by atoms with Crippen molar-refractivity contribution in [2.75, 3.05) is 10.6 Å². The molecule has 124 valence electrons. The first-order chi connectivity index (χ1) is 11.3. The van der Waals surface area contributed by atoms with Crippen LogP contribution in [-0.2, 0) is 9.59 Å². The molecule has 7 nitrogen and oxygen atoms in total. The number of amides is 2. The Morgan fingerprint density at radius 2 is 1.71 bits per heavy atom. The summed E-state index contributed by atoms with van der Waals surface area (Å²) in [7, 11) is 0. The van der Waals surface area contributed by atoms with Gasteiger partial charge in [0, 0.05) is 22.9 Å². The molecular formula is C16H16N4O3S. The Bertz CT molecular complexity index is 809. The number of aryl methyl sites for hydroxylation is 1. The van der Waals surface area contributed by atoms with E-state index in [1.54, 1.807) is 31.2 Å². The van der Waals surface area contributed by atoms with E-state index in [0.717, 1.165) is 5.01 Å². The predicted octanol–water partition coefficient (Wildman–Crippen LogP) is 2.57. The van der Waals surface area contributed by atoms with E-state index in [1.807, 2.05) is 0 Å². The van der Waals surface area contributed by atoms with Gasteiger partial charge < -0.3 is 5.32 Å². The van der Waals surface area contributed by atoms with Crippen LogP contribution < -0.4 is 10.6 Å². The van der Waals surface area contributed by atoms with E-state index in [4.69, 9.17) is 0 Å². The third kappa shape index (κ3) is 4.82. The molecule has 0 radical (unpaired) electrons. The molecule has 2 aromatic rings. The molecule has 8 heteroatoms. The van der Waals surface area contributed by atoms with Crippen LogP contribution in [0, 0.1) is 6.92 Å². The third-order valence-corrected chi connectivity index (χ3v) is 3.77. The summed E-state index contributed by atoms with van der Waals surface area (Å²) in [6, 6.07) is 6.51. The summed E-state index contributed by atoms with van der Waals surface area (Å²) in [6.07, 6.45) is 1.19. The standard InChI is InChI=1S/C16H16N4O3S/c1-9(8-14(22)18-16-20-19-11(3)24-16)15(23)17-13-6-4-12(5-7-13)10(2)21/h4-8H,1-3H3,(H,17,23)(H,18,20,22)/b9-8-. The maximum atomic E-state index is 12.1. The first-order valence-corrected chi connectivity index (χ1v) is 7.88. The van der Waals surface area contributed by atoms with E-state index in [2.05, 4.69) is 20.8 Å². The fourth-order valence-corrected chi connectivity index (χ4v) is 2.36. The highest BCUT2D eigenvalue weighted by Gasteiger charge is 2.09. The van der Waals surface area contributed by atoms with Crippen LogP contribution in [0.2, 0.25) is 0 Å². The van der Waals surface area contributed by atoms with Crippen molar-refractivity contribution >= 4 is 39.8 Å². The van der Waals surface area contributed by atoms with E-state index >= 15 is 0 Å². The zero-order chi connectivity index (χ0) is 17.7. The zero-order valence-corrected chi connectivity index (χ0v) is 14.2. The molecule has 1 heterocycles. The van der Waals surface area contributed by atoms with Gasteiger partial charge in [-0.3, -0.25) is 19.7 Å². The molecule has 1 aromatic heterocycles. The highest BCUT2D eigenvalue weighted by atomic mass is 32.1. The van der Waals surface area contributed by atoms with E-state index in [-0.39, 0.29) is 11.4 Å². The number of anilines is 2. The number of carbonyl (C=O) groups is 3. The number of ketones is 1. The molecule has 0 aliphatic heterocycles. The van der Waals surface area contributed by atoms with Crippen molar-refractivity contribution < 1.29 is 14.4 Å². The van der Waals surface area contributed by atoms with Gasteiger partial charge in [0.25, 0.3) is 11.8 Å². The summed E-state index contributed by atoms with van der Waals surface area (Å²) in [5, 5.41) is 13.9. The van der Waals surface area contributed by atoms with Crippen molar-refractivity contribution in [3.63, 3.8) is 0 Å². The number of rotatable bonds is 5. The lowest BCUT2D eigenvalue weighted by Crippen LogP contribution is -2.16. The Hall–Kier alpha value is -2.87. The molecule has 0 atom stereocenters. The smallest absolute Gasteiger partial charge is 0.251 e. The lowest BCUT2D eigenvalue weighted by atomic mass is 10.1. The van der Waals surface area contributed by atoms with Crippen LogP contribution in [0.4, 0.5) is 10.8 Å². The van der Waals surface area contributed by atoms with Gasteiger partial charge in [0.15, 0.2) is 5.78 Å². The van der Waals surface area contributed by atoms with E-state index in [1.165, 1.54) is 31.3 Å². The van der Waals surface area contributed by atoms with Gasteiger partial charge in [0.2, 0.25) is 5.13 Å². The number of nitrogens with zero attached hydrogens (tertiary/aromatic N) is 2. The van der Waals surface area contributed by atoms with E-state index in [0.29, 0.717) is 16.4 Å². The molecule has 0 saturated heterocycles. The quantitative estimate of drug-likeness (QED) is 0.641. The largest absolute Gasteiger partial charge is 0.322 e. The molecule has 0 fully saturated rings. The minimum atomic E-state index is -0.453. The summed E-state index contributed by atoms with van der Waals surface area (Å²) in [5.74, 6) is -0.910. The first-order valence-electron chi connectivity index (χ1n) is 7.07. The van der Waals surface area contributed by atoms with Gasteiger partial charge >= 0.3 is 0 Å². The molecule has 2 amide bonds. The predicted molar refractivity (Wildman–Crippen MR) is 92.1 cm³/mol. The fraction of sp³-hybridized carbons (Fsp3) is 0.188. The van der Waals surface area contributed by atoms with Gasteiger partial charge in [0.05, 0.1) is 0 Å². The summed E-state index contributed by atoms with van der Waals surface area (Å²) in [4.78, 5) is 35.1. The minimum Gasteiger partial charge on any atom is -0.322 e. The number of hydrogen-bond donors (Lipinski definition) is 2. The molecule has 0 saturated carbocycles. The van der Waals surface area contributed by atoms with Gasteiger partial charge in [-0.05, 0) is 45.0 Å². The molecule has 0 unspecified atom stereocenters. The van der Waals surface area contributed by atoms with Gasteiger partial charge in [0.1, 0.15) is 5.01 Å². The van der Waals surface area contributed by atoms with Gasteiger partial charge in [-0.2, -0.15) is 0 Å². The second-order valence-corrected chi connectivity index (χ2v) is 6.21. The van der Waals surface area contributed by atoms with Gasteiger partial charge in [-0.25, -0.2) is 0 Å². The lowest BCUT2D eigenvalue weighted by molar-refractivity contribution is -0.114. The van der Waals surface area contributed by atoms with Crippen molar-refractivity contribution in [2.45, 2.75) is 20.8 Å². The molecule has 24 heavy (non-hydrogen) atoms. The number of hydrogen-bond acceptors (Lipinski definition) is 6. The van der Waals surface area contributed by atoms with Gasteiger partial charge in [-0.1, -0.05) is 11.3 Å². The third-order valence-electron chi connectivity index (χ3n) is 3.01.